The van der Waals surface area contributed by atoms with E-state index in [1.54, 1.807) is 12.1 Å². The molecule has 2 heterocycles. The molecule has 0 aliphatic heterocycles. The van der Waals surface area contributed by atoms with E-state index in [2.05, 4.69) is 15.5 Å². The Bertz CT molecular complexity index is 453. The maximum absolute atomic E-state index is 12.7. The minimum atomic E-state index is -0.365. The lowest BCUT2D eigenvalue weighted by atomic mass is 10.2. The Morgan fingerprint density at radius 1 is 1.44 bits per heavy atom. The van der Waals surface area contributed by atoms with Crippen LogP contribution < -0.4 is 5.32 Å². The largest absolute Gasteiger partial charge is 0.354 e. The third-order valence-electron chi connectivity index (χ3n) is 2.09. The van der Waals surface area contributed by atoms with Gasteiger partial charge in [0.2, 0.25) is 0 Å². The minimum absolute atomic E-state index is 0.365. The van der Waals surface area contributed by atoms with Crippen molar-refractivity contribution < 1.29 is 8.91 Å². The molecular weight excluding hydrogens is 209 g/mol. The fraction of sp³-hybridized carbons (Fsp3) is 0.273. The number of halogens is 1. The molecule has 0 spiro atoms. The zero-order valence-corrected chi connectivity index (χ0v) is 8.90. The first-order chi connectivity index (χ1) is 7.79. The van der Waals surface area contributed by atoms with Crippen LogP contribution in [0.5, 0.6) is 0 Å². The lowest BCUT2D eigenvalue weighted by molar-refractivity contribution is 0.419. The van der Waals surface area contributed by atoms with Gasteiger partial charge >= 0.3 is 0 Å². The zero-order chi connectivity index (χ0) is 11.4. The highest BCUT2D eigenvalue weighted by Crippen LogP contribution is 2.17. The number of nitrogens with one attached hydrogen (secondary N) is 1. The van der Waals surface area contributed by atoms with Crippen molar-refractivity contribution in [1.82, 2.24) is 15.5 Å². The van der Waals surface area contributed by atoms with Crippen molar-refractivity contribution in [2.24, 2.45) is 0 Å². The molecule has 5 heteroatoms. The maximum Gasteiger partial charge on any atom is 0.185 e. The summed E-state index contributed by atoms with van der Waals surface area (Å²) in [4.78, 5) is 3.91. The summed E-state index contributed by atoms with van der Waals surface area (Å²) < 4.78 is 17.8. The Morgan fingerprint density at radius 2 is 2.31 bits per heavy atom. The summed E-state index contributed by atoms with van der Waals surface area (Å²) >= 11 is 0. The van der Waals surface area contributed by atoms with Crippen molar-refractivity contribution in [3.63, 3.8) is 0 Å². The smallest absolute Gasteiger partial charge is 0.185 e. The maximum atomic E-state index is 12.7. The van der Waals surface area contributed by atoms with Gasteiger partial charge in [0.15, 0.2) is 5.76 Å². The predicted octanol–water partition coefficient (Wildman–Crippen LogP) is 1.99. The van der Waals surface area contributed by atoms with Gasteiger partial charge in [0.05, 0.1) is 11.9 Å². The van der Waals surface area contributed by atoms with Gasteiger partial charge in [0.25, 0.3) is 0 Å². The molecule has 2 rings (SSSR count). The molecule has 0 fully saturated rings. The average Bonchev–Trinajstić information content (AvgIpc) is 2.76. The summed E-state index contributed by atoms with van der Waals surface area (Å²) in [5.74, 6) is 0.184. The van der Waals surface area contributed by atoms with Gasteiger partial charge in [-0.05, 0) is 18.7 Å². The van der Waals surface area contributed by atoms with Crippen LogP contribution in [0.4, 0.5) is 4.39 Å². The lowest BCUT2D eigenvalue weighted by Gasteiger charge is -1.93. The molecule has 0 saturated carbocycles. The van der Waals surface area contributed by atoms with Crippen LogP contribution in [-0.4, -0.2) is 16.7 Å². The quantitative estimate of drug-likeness (QED) is 0.857. The highest BCUT2D eigenvalue weighted by atomic mass is 19.1. The summed E-state index contributed by atoms with van der Waals surface area (Å²) in [5.41, 5.74) is 1.39. The predicted molar refractivity (Wildman–Crippen MR) is 57.1 cm³/mol. The van der Waals surface area contributed by atoms with Gasteiger partial charge in [0, 0.05) is 12.6 Å². The van der Waals surface area contributed by atoms with Crippen molar-refractivity contribution in [3.8, 4) is 11.5 Å². The van der Waals surface area contributed by atoms with E-state index in [4.69, 9.17) is 4.52 Å². The molecular formula is C11H12FN3O. The first-order valence-corrected chi connectivity index (χ1v) is 5.08. The second kappa shape index (κ2) is 4.85. The van der Waals surface area contributed by atoms with Crippen LogP contribution in [0.25, 0.3) is 11.5 Å². The molecule has 0 atom stereocenters. The third kappa shape index (κ3) is 2.43. The summed E-state index contributed by atoms with van der Waals surface area (Å²) in [6, 6.07) is 4.70. The van der Waals surface area contributed by atoms with Gasteiger partial charge in [-0.15, -0.1) is 0 Å². The fourth-order valence-electron chi connectivity index (χ4n) is 1.29. The van der Waals surface area contributed by atoms with Gasteiger partial charge in [-0.2, -0.15) is 0 Å². The van der Waals surface area contributed by atoms with Gasteiger partial charge in [-0.3, -0.25) is 0 Å². The van der Waals surface area contributed by atoms with E-state index in [1.807, 2.05) is 6.92 Å². The molecule has 0 unspecified atom stereocenters. The Kier molecular flexibility index (Phi) is 3.26. The molecule has 16 heavy (non-hydrogen) atoms. The number of nitrogens with zero attached hydrogens (tertiary/aromatic N) is 2. The molecule has 84 valence electrons. The minimum Gasteiger partial charge on any atom is -0.354 e. The highest BCUT2D eigenvalue weighted by Gasteiger charge is 2.07. The molecule has 2 aromatic heterocycles. The molecule has 0 bridgehead atoms. The van der Waals surface area contributed by atoms with Crippen LogP contribution in [0.2, 0.25) is 0 Å². The van der Waals surface area contributed by atoms with E-state index in [1.165, 1.54) is 6.07 Å². The molecule has 4 nitrogen and oxygen atoms in total. The van der Waals surface area contributed by atoms with Crippen molar-refractivity contribution in [3.05, 3.63) is 35.9 Å². The van der Waals surface area contributed by atoms with Crippen molar-refractivity contribution in [1.29, 1.82) is 0 Å². The van der Waals surface area contributed by atoms with Crippen LogP contribution >= 0.6 is 0 Å². The molecule has 0 aromatic carbocycles. The van der Waals surface area contributed by atoms with Gasteiger partial charge in [-0.1, -0.05) is 12.1 Å². The van der Waals surface area contributed by atoms with Crippen LogP contribution in [0, 0.1) is 5.82 Å². The number of pyridine rings is 1. The van der Waals surface area contributed by atoms with E-state index in [0.717, 1.165) is 18.4 Å². The summed E-state index contributed by atoms with van der Waals surface area (Å²) in [5, 5.41) is 7.02. The molecule has 0 aliphatic carbocycles. The summed E-state index contributed by atoms with van der Waals surface area (Å²) in [6.45, 7) is 3.54. The van der Waals surface area contributed by atoms with E-state index in [-0.39, 0.29) is 5.82 Å². The van der Waals surface area contributed by atoms with Crippen molar-refractivity contribution >= 4 is 0 Å². The zero-order valence-electron chi connectivity index (χ0n) is 8.90. The number of aromatic nitrogens is 2. The SMILES string of the molecule is CCNCc1cc(-c2ccc(F)cn2)on1. The van der Waals surface area contributed by atoms with E-state index in [0.29, 0.717) is 18.0 Å². The summed E-state index contributed by atoms with van der Waals surface area (Å²) in [7, 11) is 0. The van der Waals surface area contributed by atoms with E-state index in [9.17, 15) is 4.39 Å². The topological polar surface area (TPSA) is 51.0 Å². The van der Waals surface area contributed by atoms with E-state index < -0.39 is 0 Å². The van der Waals surface area contributed by atoms with Gasteiger partial charge < -0.3 is 9.84 Å². The Hall–Kier alpha value is -1.75. The first kappa shape index (κ1) is 10.8. The number of hydrogen-bond donors (Lipinski definition) is 1. The number of hydrogen-bond acceptors (Lipinski definition) is 4. The van der Waals surface area contributed by atoms with Crippen molar-refractivity contribution in [2.45, 2.75) is 13.5 Å². The summed E-state index contributed by atoms with van der Waals surface area (Å²) in [6.07, 6.45) is 1.15. The second-order valence-corrected chi connectivity index (χ2v) is 3.32. The highest BCUT2D eigenvalue weighted by molar-refractivity contribution is 5.51. The molecule has 0 saturated heterocycles. The molecule has 1 N–H and O–H groups in total. The number of rotatable bonds is 4. The Morgan fingerprint density at radius 3 is 3.00 bits per heavy atom. The molecule has 2 aromatic rings. The standard InChI is InChI=1S/C11H12FN3O/c1-2-13-7-9-5-11(16-15-9)10-4-3-8(12)6-14-10/h3-6,13H,2,7H2,1H3. The molecule has 0 amide bonds. The van der Waals surface area contributed by atoms with Gasteiger partial charge in [-0.25, -0.2) is 9.37 Å². The van der Waals surface area contributed by atoms with E-state index >= 15 is 0 Å². The van der Waals surface area contributed by atoms with Crippen LogP contribution in [0.15, 0.2) is 28.9 Å². The molecule has 0 aliphatic rings. The van der Waals surface area contributed by atoms with Crippen molar-refractivity contribution in [2.75, 3.05) is 6.54 Å². The first-order valence-electron chi connectivity index (χ1n) is 5.08. The Labute approximate surface area is 92.5 Å². The van der Waals surface area contributed by atoms with Gasteiger partial charge in [0.1, 0.15) is 11.5 Å². The van der Waals surface area contributed by atoms with Crippen LogP contribution in [0.1, 0.15) is 12.6 Å². The van der Waals surface area contributed by atoms with Crippen LogP contribution in [0.3, 0.4) is 0 Å². The lowest BCUT2D eigenvalue weighted by Crippen LogP contribution is -2.11. The Balaban J connectivity index is 2.15. The third-order valence-corrected chi connectivity index (χ3v) is 2.09. The van der Waals surface area contributed by atoms with Crippen LogP contribution in [-0.2, 0) is 6.54 Å². The normalized spacial score (nSPS) is 10.6. The monoisotopic (exact) mass is 221 g/mol. The average molecular weight is 221 g/mol. The molecule has 0 radical (unpaired) electrons. The second-order valence-electron chi connectivity index (χ2n) is 3.32. The fourth-order valence-corrected chi connectivity index (χ4v) is 1.29.